The number of hydrogen-bond acceptors (Lipinski definition) is 1. The van der Waals surface area contributed by atoms with Crippen LogP contribution in [0.25, 0.3) is 10.8 Å². The summed E-state index contributed by atoms with van der Waals surface area (Å²) in [6, 6.07) is 55.5. The number of nitrogens with zero attached hydrogens (tertiary/aromatic N) is 2. The highest BCUT2D eigenvalue weighted by atomic mass is 15.2. The first kappa shape index (κ1) is 44.4. The van der Waals surface area contributed by atoms with E-state index in [1.807, 2.05) is 0 Å². The molecular formula is C59H69BN2. The second-order valence-corrected chi connectivity index (χ2v) is 18.6. The minimum Gasteiger partial charge on any atom is -0.344 e. The van der Waals surface area contributed by atoms with Crippen LogP contribution >= 0.6 is 0 Å². The molecule has 6 aromatic rings. The monoisotopic (exact) mass is 817 g/mol. The second-order valence-electron chi connectivity index (χ2n) is 18.6. The average Bonchev–Trinajstić information content (AvgIpc) is 3.66. The summed E-state index contributed by atoms with van der Waals surface area (Å²) in [7, 11) is 0. The van der Waals surface area contributed by atoms with E-state index in [1.165, 1.54) is 106 Å². The van der Waals surface area contributed by atoms with Crippen molar-refractivity contribution in [2.45, 2.75) is 104 Å². The Morgan fingerprint density at radius 1 is 0.548 bits per heavy atom. The molecule has 0 unspecified atom stereocenters. The van der Waals surface area contributed by atoms with Gasteiger partial charge in [-0.1, -0.05) is 212 Å². The summed E-state index contributed by atoms with van der Waals surface area (Å²) >= 11 is 0. The lowest BCUT2D eigenvalue weighted by molar-refractivity contribution is -0.438. The predicted octanol–water partition coefficient (Wildman–Crippen LogP) is 13.6. The zero-order valence-electron chi connectivity index (χ0n) is 38.7. The molecule has 3 heteroatoms. The van der Waals surface area contributed by atoms with Crippen molar-refractivity contribution < 1.29 is 4.58 Å². The molecule has 2 aliphatic heterocycles. The van der Waals surface area contributed by atoms with Crippen LogP contribution in [0, 0.1) is 0 Å². The van der Waals surface area contributed by atoms with E-state index in [-0.39, 0.29) is 10.8 Å². The molecule has 2 aliphatic rings. The number of benzene rings is 6. The van der Waals surface area contributed by atoms with Crippen LogP contribution in [0.4, 0.5) is 11.4 Å². The number of rotatable bonds is 15. The molecule has 0 spiro atoms. The molecule has 0 saturated heterocycles. The fraction of sp³-hybridized carbons (Fsp3) is 0.305. The first-order chi connectivity index (χ1) is 30.2. The minimum atomic E-state index is -0.913. The van der Waals surface area contributed by atoms with Crippen LogP contribution in [0.2, 0.25) is 6.32 Å². The summed E-state index contributed by atoms with van der Waals surface area (Å²) in [6.45, 7) is 18.4. The van der Waals surface area contributed by atoms with Gasteiger partial charge in [0.05, 0.1) is 11.6 Å². The Labute approximate surface area is 374 Å². The molecule has 0 radical (unpaired) electrons. The average molecular weight is 817 g/mol. The van der Waals surface area contributed by atoms with Crippen LogP contribution in [0.1, 0.15) is 98.1 Å². The third-order valence-electron chi connectivity index (χ3n) is 13.9. The number of unbranched alkanes of at least 4 members (excludes halogenated alkanes) is 3. The highest BCUT2D eigenvalue weighted by Crippen LogP contribution is 2.48. The Morgan fingerprint density at radius 3 is 1.73 bits per heavy atom. The molecule has 0 bridgehead atoms. The van der Waals surface area contributed by atoms with E-state index in [2.05, 4.69) is 240 Å². The molecule has 0 atom stereocenters. The van der Waals surface area contributed by atoms with E-state index in [0.29, 0.717) is 0 Å². The maximum absolute atomic E-state index is 2.57. The van der Waals surface area contributed by atoms with Gasteiger partial charge in [-0.25, -0.2) is 0 Å². The molecule has 0 aliphatic carbocycles. The summed E-state index contributed by atoms with van der Waals surface area (Å²) < 4.78 is 2.57. The number of allylic oxidation sites excluding steroid dienone is 6. The summed E-state index contributed by atoms with van der Waals surface area (Å²) in [6.07, 6.45) is 18.9. The van der Waals surface area contributed by atoms with Gasteiger partial charge in [0, 0.05) is 47.5 Å². The van der Waals surface area contributed by atoms with Gasteiger partial charge in [0.25, 0.3) is 0 Å². The molecule has 0 saturated carbocycles. The third-order valence-corrected chi connectivity index (χ3v) is 13.9. The van der Waals surface area contributed by atoms with Gasteiger partial charge in [0.1, 0.15) is 6.54 Å². The molecule has 0 aromatic heterocycles. The van der Waals surface area contributed by atoms with Crippen molar-refractivity contribution in [3.8, 4) is 0 Å². The lowest BCUT2D eigenvalue weighted by Crippen LogP contribution is -2.66. The van der Waals surface area contributed by atoms with Gasteiger partial charge < -0.3 is 4.90 Å². The highest BCUT2D eigenvalue weighted by molar-refractivity contribution is 7.11. The predicted molar refractivity (Wildman–Crippen MR) is 273 cm³/mol. The molecule has 2 nitrogen and oxygen atoms in total. The van der Waals surface area contributed by atoms with Crippen LogP contribution in [-0.4, -0.2) is 29.5 Å². The summed E-state index contributed by atoms with van der Waals surface area (Å²) in [5.41, 5.74) is 12.7. The van der Waals surface area contributed by atoms with Crippen molar-refractivity contribution in [3.05, 3.63) is 199 Å². The standard InChI is InChI=1S/C37H45N2.C22H24B/c1-7-9-26-38-31-21-17-16-20-30(31)36(3,4)33(38)22-12-11-13-23-34-37(5,6)35-29-19-15-14-18-28(29)24-25-32(35)39(34)27-10-8-2;1-2-3-19-23(20-13-7-4-8-14-20,21-15-9-5-10-16-21)22-17-11-6-12-18-22/h11-25H,7-10,26-27H2,1-6H3;4-18H,2-3,19H2,1H3/q+1;-1. The van der Waals surface area contributed by atoms with Gasteiger partial charge in [-0.3, -0.25) is 0 Å². The highest BCUT2D eigenvalue weighted by Gasteiger charge is 2.45. The molecule has 318 valence electrons. The van der Waals surface area contributed by atoms with Gasteiger partial charge >= 0.3 is 0 Å². The first-order valence-corrected chi connectivity index (χ1v) is 23.6. The molecule has 0 N–H and O–H groups in total. The van der Waals surface area contributed by atoms with Crippen LogP contribution in [0.3, 0.4) is 0 Å². The molecule has 0 fully saturated rings. The van der Waals surface area contributed by atoms with Gasteiger partial charge in [-0.15, -0.1) is 0 Å². The zero-order chi connectivity index (χ0) is 43.6. The molecule has 6 aromatic carbocycles. The maximum atomic E-state index is 2.57. The van der Waals surface area contributed by atoms with Gasteiger partial charge in [-0.05, 0) is 54.8 Å². The second kappa shape index (κ2) is 20.0. The van der Waals surface area contributed by atoms with E-state index in [9.17, 15) is 0 Å². The van der Waals surface area contributed by atoms with E-state index < -0.39 is 6.15 Å². The van der Waals surface area contributed by atoms with Crippen LogP contribution in [0.15, 0.2) is 188 Å². The van der Waals surface area contributed by atoms with Crippen molar-refractivity contribution in [2.75, 3.05) is 18.0 Å². The van der Waals surface area contributed by atoms with Gasteiger partial charge in [0.2, 0.25) is 5.69 Å². The number of hydrogen-bond donors (Lipinski definition) is 0. The summed E-state index contributed by atoms with van der Waals surface area (Å²) in [5.74, 6) is 0. The Hall–Kier alpha value is -5.67. The van der Waals surface area contributed by atoms with Crippen molar-refractivity contribution >= 4 is 50.4 Å². The summed E-state index contributed by atoms with van der Waals surface area (Å²) in [5, 5.41) is 2.70. The van der Waals surface area contributed by atoms with Gasteiger partial charge in [-0.2, -0.15) is 27.3 Å². The third kappa shape index (κ3) is 8.83. The lowest BCUT2D eigenvalue weighted by Gasteiger charge is -2.43. The molecule has 2 heterocycles. The molecular weight excluding hydrogens is 747 g/mol. The quantitative estimate of drug-likeness (QED) is 0.0568. The van der Waals surface area contributed by atoms with E-state index in [0.717, 1.165) is 13.1 Å². The number of fused-ring (bicyclic) bond motifs is 4. The molecule has 62 heavy (non-hydrogen) atoms. The van der Waals surface area contributed by atoms with E-state index in [4.69, 9.17) is 0 Å². The van der Waals surface area contributed by atoms with Crippen molar-refractivity contribution in [2.24, 2.45) is 0 Å². The Bertz CT molecular complexity index is 2430. The zero-order valence-corrected chi connectivity index (χ0v) is 38.7. The van der Waals surface area contributed by atoms with E-state index >= 15 is 0 Å². The Kier molecular flexibility index (Phi) is 14.3. The van der Waals surface area contributed by atoms with Crippen LogP contribution in [-0.2, 0) is 10.8 Å². The van der Waals surface area contributed by atoms with Crippen molar-refractivity contribution in [1.29, 1.82) is 0 Å². The minimum absolute atomic E-state index is 0.000233. The molecule has 8 rings (SSSR count). The molecule has 0 amide bonds. The van der Waals surface area contributed by atoms with Crippen LogP contribution in [0.5, 0.6) is 0 Å². The lowest BCUT2D eigenvalue weighted by atomic mass is 9.14. The fourth-order valence-corrected chi connectivity index (χ4v) is 10.6. The number of para-hydroxylation sites is 1. The SMILES string of the molecule is CCCCN1\C(=C/C=C/C=C/C2=[N+](CCCC)c3ccc4ccccc4c3C2(C)C)C(C)(C)c2ccccc21.CCCC[B-](c1ccccc1)(c1ccccc1)c1ccccc1. The topological polar surface area (TPSA) is 6.25 Å². The van der Waals surface area contributed by atoms with Crippen LogP contribution < -0.4 is 21.3 Å². The Morgan fingerprint density at radius 2 is 1.11 bits per heavy atom. The largest absolute Gasteiger partial charge is 0.344 e. The normalized spacial score (nSPS) is 16.0. The first-order valence-electron chi connectivity index (χ1n) is 23.6. The van der Waals surface area contributed by atoms with Crippen molar-refractivity contribution in [1.82, 2.24) is 0 Å². The van der Waals surface area contributed by atoms with E-state index in [1.54, 1.807) is 0 Å². The van der Waals surface area contributed by atoms with Crippen molar-refractivity contribution in [3.63, 3.8) is 0 Å². The smallest absolute Gasteiger partial charge is 0.210 e. The summed E-state index contributed by atoms with van der Waals surface area (Å²) in [4.78, 5) is 2.54. The Balaban J connectivity index is 0.000000213. The fourth-order valence-electron chi connectivity index (χ4n) is 10.6. The van der Waals surface area contributed by atoms with Gasteiger partial charge in [0.15, 0.2) is 5.71 Å². The maximum Gasteiger partial charge on any atom is 0.210 e. The number of anilines is 1.